The third kappa shape index (κ3) is 4.04. The monoisotopic (exact) mass is 293 g/mol. The van der Waals surface area contributed by atoms with Crippen molar-refractivity contribution in [3.8, 4) is 0 Å². The normalized spacial score (nSPS) is 21.5. The molecule has 1 aliphatic rings. The fourth-order valence-electron chi connectivity index (χ4n) is 2.54. The third-order valence-corrected chi connectivity index (χ3v) is 4.25. The van der Waals surface area contributed by atoms with E-state index in [1.807, 2.05) is 24.0 Å². The van der Waals surface area contributed by atoms with E-state index in [4.69, 9.17) is 0 Å². The summed E-state index contributed by atoms with van der Waals surface area (Å²) in [4.78, 5) is 18.9. The first kappa shape index (κ1) is 16.0. The Hall–Kier alpha value is -1.40. The lowest BCUT2D eigenvalue weighted by molar-refractivity contribution is -0.124. The van der Waals surface area contributed by atoms with Crippen LogP contribution in [0.25, 0.3) is 0 Å². The molecule has 1 fully saturated rings. The van der Waals surface area contributed by atoms with Crippen molar-refractivity contribution in [2.45, 2.75) is 32.9 Å². The van der Waals surface area contributed by atoms with Gasteiger partial charge in [0.1, 0.15) is 5.82 Å². The number of carbonyl (C=O) groups is 1. The van der Waals surface area contributed by atoms with Gasteiger partial charge in [0, 0.05) is 45.1 Å². The van der Waals surface area contributed by atoms with Crippen LogP contribution in [-0.2, 0) is 11.8 Å². The number of amides is 1. The first-order valence-corrected chi connectivity index (χ1v) is 7.70. The molecule has 1 saturated heterocycles. The summed E-state index contributed by atoms with van der Waals surface area (Å²) < 4.78 is 2.03. The van der Waals surface area contributed by atoms with Crippen LogP contribution < -0.4 is 10.6 Å². The van der Waals surface area contributed by atoms with Gasteiger partial charge in [0.05, 0.1) is 12.6 Å². The highest BCUT2D eigenvalue weighted by molar-refractivity contribution is 5.78. The van der Waals surface area contributed by atoms with E-state index in [1.54, 1.807) is 0 Å². The first-order chi connectivity index (χ1) is 9.99. The second kappa shape index (κ2) is 7.04. The van der Waals surface area contributed by atoms with Crippen LogP contribution in [0.1, 0.15) is 32.6 Å². The summed E-state index contributed by atoms with van der Waals surface area (Å²) in [5.74, 6) is 1.55. The van der Waals surface area contributed by atoms with Gasteiger partial charge in [-0.1, -0.05) is 13.8 Å². The molecule has 2 atom stereocenters. The fraction of sp³-hybridized carbons (Fsp3) is 0.733. The van der Waals surface area contributed by atoms with Crippen molar-refractivity contribution in [3.05, 3.63) is 18.2 Å². The van der Waals surface area contributed by atoms with Crippen LogP contribution in [0.5, 0.6) is 0 Å². The second-order valence-corrected chi connectivity index (χ2v) is 6.19. The Kier molecular flexibility index (Phi) is 5.36. The van der Waals surface area contributed by atoms with Gasteiger partial charge in [-0.25, -0.2) is 4.98 Å². The minimum absolute atomic E-state index is 0.0947. The van der Waals surface area contributed by atoms with Gasteiger partial charge in [-0.2, -0.15) is 0 Å². The highest BCUT2D eigenvalue weighted by atomic mass is 16.2. The van der Waals surface area contributed by atoms with Crippen molar-refractivity contribution in [3.63, 3.8) is 0 Å². The molecule has 2 rings (SSSR count). The van der Waals surface area contributed by atoms with Crippen molar-refractivity contribution in [1.82, 2.24) is 25.1 Å². The van der Waals surface area contributed by atoms with Crippen molar-refractivity contribution < 1.29 is 4.79 Å². The van der Waals surface area contributed by atoms with Crippen LogP contribution >= 0.6 is 0 Å². The molecular formula is C15H27N5O. The third-order valence-electron chi connectivity index (χ3n) is 4.25. The molecule has 0 spiro atoms. The number of aryl methyl sites for hydroxylation is 1. The molecule has 0 saturated carbocycles. The summed E-state index contributed by atoms with van der Waals surface area (Å²) >= 11 is 0. The highest BCUT2D eigenvalue weighted by Gasteiger charge is 2.28. The van der Waals surface area contributed by atoms with Gasteiger partial charge in [-0.3, -0.25) is 9.69 Å². The van der Waals surface area contributed by atoms with Crippen molar-refractivity contribution >= 4 is 5.91 Å². The maximum atomic E-state index is 12.2. The standard InChI is InChI=1S/C15H27N5O/c1-11(2)12(3)18-14(21)10-20-8-5-16-9-13(20)15-17-6-7-19(15)4/h6-7,11-13,16H,5,8-10H2,1-4H3,(H,18,21). The number of piperazine rings is 1. The van der Waals surface area contributed by atoms with Crippen molar-refractivity contribution in [2.75, 3.05) is 26.2 Å². The summed E-state index contributed by atoms with van der Waals surface area (Å²) in [6.07, 6.45) is 3.76. The molecule has 1 amide bonds. The molecule has 2 heterocycles. The van der Waals surface area contributed by atoms with Crippen LogP contribution in [0, 0.1) is 5.92 Å². The van der Waals surface area contributed by atoms with Gasteiger partial charge in [-0.05, 0) is 12.8 Å². The molecule has 6 nitrogen and oxygen atoms in total. The Labute approximate surface area is 126 Å². The Balaban J connectivity index is 1.99. The maximum Gasteiger partial charge on any atom is 0.234 e. The summed E-state index contributed by atoms with van der Waals surface area (Å²) in [7, 11) is 2.00. The molecule has 2 N–H and O–H groups in total. The molecule has 0 aromatic carbocycles. The van der Waals surface area contributed by atoms with E-state index in [2.05, 4.69) is 41.3 Å². The second-order valence-electron chi connectivity index (χ2n) is 6.19. The SMILES string of the molecule is CC(C)C(C)NC(=O)CN1CCNCC1c1nccn1C. The average molecular weight is 293 g/mol. The quantitative estimate of drug-likeness (QED) is 0.831. The van der Waals surface area contributed by atoms with E-state index in [1.165, 1.54) is 0 Å². The molecule has 0 bridgehead atoms. The molecule has 21 heavy (non-hydrogen) atoms. The van der Waals surface area contributed by atoms with Crippen LogP contribution in [-0.4, -0.2) is 52.6 Å². The topological polar surface area (TPSA) is 62.2 Å². The maximum absolute atomic E-state index is 12.2. The van der Waals surface area contributed by atoms with Gasteiger partial charge in [0.15, 0.2) is 0 Å². The number of carbonyl (C=O) groups excluding carboxylic acids is 1. The van der Waals surface area contributed by atoms with Crippen LogP contribution in [0.2, 0.25) is 0 Å². The van der Waals surface area contributed by atoms with Gasteiger partial charge >= 0.3 is 0 Å². The van der Waals surface area contributed by atoms with Crippen LogP contribution in [0.3, 0.4) is 0 Å². The molecule has 0 aliphatic carbocycles. The molecule has 6 heteroatoms. The molecule has 1 aromatic rings. The Morgan fingerprint density at radius 2 is 2.29 bits per heavy atom. The molecule has 1 aromatic heterocycles. The van der Waals surface area contributed by atoms with Gasteiger partial charge < -0.3 is 15.2 Å². The number of aromatic nitrogens is 2. The Bertz CT molecular complexity index is 470. The smallest absolute Gasteiger partial charge is 0.234 e. The van der Waals surface area contributed by atoms with E-state index in [0.717, 1.165) is 25.5 Å². The Morgan fingerprint density at radius 1 is 1.52 bits per heavy atom. The number of hydrogen-bond acceptors (Lipinski definition) is 4. The number of nitrogens with one attached hydrogen (secondary N) is 2. The molecule has 118 valence electrons. The minimum atomic E-state index is 0.0947. The summed E-state index contributed by atoms with van der Waals surface area (Å²) in [6.45, 7) is 9.32. The number of nitrogens with zero attached hydrogens (tertiary/aromatic N) is 3. The predicted molar refractivity (Wildman–Crippen MR) is 82.8 cm³/mol. The number of rotatable bonds is 5. The molecule has 0 radical (unpaired) electrons. The van der Waals surface area contributed by atoms with Crippen molar-refractivity contribution in [2.24, 2.45) is 13.0 Å². The summed E-state index contributed by atoms with van der Waals surface area (Å²) in [6, 6.07) is 0.353. The molecule has 1 aliphatic heterocycles. The minimum Gasteiger partial charge on any atom is -0.352 e. The fourth-order valence-corrected chi connectivity index (χ4v) is 2.54. The van der Waals surface area contributed by atoms with E-state index >= 15 is 0 Å². The van der Waals surface area contributed by atoms with Gasteiger partial charge in [0.25, 0.3) is 0 Å². The Morgan fingerprint density at radius 3 is 2.90 bits per heavy atom. The molecular weight excluding hydrogens is 266 g/mol. The lowest BCUT2D eigenvalue weighted by atomic mass is 10.1. The molecule has 2 unspecified atom stereocenters. The van der Waals surface area contributed by atoms with E-state index in [-0.39, 0.29) is 18.0 Å². The summed E-state index contributed by atoms with van der Waals surface area (Å²) in [5.41, 5.74) is 0. The van der Waals surface area contributed by atoms with Gasteiger partial charge in [0.2, 0.25) is 5.91 Å². The van der Waals surface area contributed by atoms with E-state index in [0.29, 0.717) is 12.5 Å². The lowest BCUT2D eigenvalue weighted by Gasteiger charge is -2.35. The van der Waals surface area contributed by atoms with E-state index < -0.39 is 0 Å². The highest BCUT2D eigenvalue weighted by Crippen LogP contribution is 2.19. The number of imidazole rings is 1. The average Bonchev–Trinajstić information content (AvgIpc) is 2.85. The van der Waals surface area contributed by atoms with Crippen LogP contribution in [0.4, 0.5) is 0 Å². The zero-order chi connectivity index (χ0) is 15.4. The summed E-state index contributed by atoms with van der Waals surface area (Å²) in [5, 5.41) is 6.46. The lowest BCUT2D eigenvalue weighted by Crippen LogP contribution is -2.51. The largest absolute Gasteiger partial charge is 0.352 e. The zero-order valence-electron chi connectivity index (χ0n) is 13.5. The number of hydrogen-bond donors (Lipinski definition) is 2. The zero-order valence-corrected chi connectivity index (χ0v) is 13.5. The van der Waals surface area contributed by atoms with Gasteiger partial charge in [-0.15, -0.1) is 0 Å². The first-order valence-electron chi connectivity index (χ1n) is 7.70. The van der Waals surface area contributed by atoms with Crippen molar-refractivity contribution in [1.29, 1.82) is 0 Å². The van der Waals surface area contributed by atoms with E-state index in [9.17, 15) is 4.79 Å². The van der Waals surface area contributed by atoms with Crippen LogP contribution in [0.15, 0.2) is 12.4 Å². The predicted octanol–water partition coefficient (Wildman–Crippen LogP) is 0.527.